The van der Waals surface area contributed by atoms with Crippen molar-refractivity contribution in [1.82, 2.24) is 0 Å². The molecule has 0 N–H and O–H groups in total. The molecule has 44 heavy (non-hydrogen) atoms. The summed E-state index contributed by atoms with van der Waals surface area (Å²) in [5, 5.41) is 0. The van der Waals surface area contributed by atoms with Crippen molar-refractivity contribution in [2.45, 2.75) is 127 Å². The van der Waals surface area contributed by atoms with Gasteiger partial charge in [0.2, 0.25) is 0 Å². The second kappa shape index (κ2) is 9.27. The van der Waals surface area contributed by atoms with Crippen LogP contribution in [0.15, 0.2) is 0 Å². The Morgan fingerprint density at radius 2 is 1.11 bits per heavy atom. The number of esters is 1. The van der Waals surface area contributed by atoms with E-state index < -0.39 is 11.2 Å². The average molecular weight is 605 g/mol. The van der Waals surface area contributed by atoms with E-state index in [1.165, 1.54) is 6.42 Å². The van der Waals surface area contributed by atoms with Crippen LogP contribution < -0.4 is 0 Å². The Balaban J connectivity index is 0.870. The molecule has 13 rings (SSSR count). The number of hydrogen-bond acceptors (Lipinski definition) is 7. The molecule has 1 spiro atoms. The van der Waals surface area contributed by atoms with Gasteiger partial charge in [0.15, 0.2) is 5.79 Å². The maximum Gasteiger partial charge on any atom is 0.312 e. The molecule has 12 aliphatic carbocycles. The molecule has 12 saturated carbocycles. The Morgan fingerprint density at radius 1 is 0.614 bits per heavy atom. The van der Waals surface area contributed by atoms with E-state index in [0.29, 0.717) is 66.7 Å². The summed E-state index contributed by atoms with van der Waals surface area (Å²) >= 11 is 0. The maximum absolute atomic E-state index is 14.0. The molecule has 0 amide bonds. The van der Waals surface area contributed by atoms with Gasteiger partial charge in [-0.1, -0.05) is 0 Å². The molecule has 1 heterocycles. The second-order valence-corrected chi connectivity index (χ2v) is 18.0. The summed E-state index contributed by atoms with van der Waals surface area (Å²) < 4.78 is 20.3. The van der Waals surface area contributed by atoms with Crippen molar-refractivity contribution >= 4 is 23.3 Å². The fraction of sp³-hybridized carbons (Fsp3) is 0.892. The zero-order valence-electron chi connectivity index (χ0n) is 26.0. The Kier molecular flexibility index (Phi) is 5.79. The van der Waals surface area contributed by atoms with Gasteiger partial charge in [0.1, 0.15) is 30.1 Å². The largest absolute Gasteiger partial charge is 0.462 e. The van der Waals surface area contributed by atoms with Crippen molar-refractivity contribution in [3.05, 3.63) is 0 Å². The van der Waals surface area contributed by atoms with E-state index in [2.05, 4.69) is 0 Å². The van der Waals surface area contributed by atoms with Crippen LogP contribution in [0.1, 0.15) is 109 Å². The first-order chi connectivity index (χ1) is 21.2. The van der Waals surface area contributed by atoms with Crippen LogP contribution in [0.4, 0.5) is 0 Å². The lowest BCUT2D eigenvalue weighted by molar-refractivity contribution is -0.300. The van der Waals surface area contributed by atoms with Crippen LogP contribution in [-0.4, -0.2) is 47.9 Å². The molecular weight excluding hydrogens is 556 g/mol. The topological polar surface area (TPSA) is 96.0 Å². The van der Waals surface area contributed by atoms with Crippen molar-refractivity contribution < 1.29 is 33.4 Å². The van der Waals surface area contributed by atoms with E-state index in [4.69, 9.17) is 14.2 Å². The molecule has 6 atom stereocenters. The van der Waals surface area contributed by atoms with Gasteiger partial charge >= 0.3 is 5.97 Å². The Hall–Kier alpha value is -1.60. The quantitative estimate of drug-likeness (QED) is 0.349. The Labute approximate surface area is 260 Å². The summed E-state index contributed by atoms with van der Waals surface area (Å²) in [5.74, 6) is 4.01. The third kappa shape index (κ3) is 3.80. The van der Waals surface area contributed by atoms with Crippen molar-refractivity contribution in [2.75, 3.05) is 6.61 Å². The number of ketones is 3. The normalized spacial score (nSPS) is 55.5. The number of Topliss-reactive ketones (excluding diaryl/α,β-unsaturated/α-hetero) is 3. The summed E-state index contributed by atoms with van der Waals surface area (Å²) in [6, 6.07) is 0. The van der Waals surface area contributed by atoms with Gasteiger partial charge in [-0.2, -0.15) is 0 Å². The van der Waals surface area contributed by atoms with Crippen molar-refractivity contribution in [2.24, 2.45) is 70.0 Å². The molecule has 7 nitrogen and oxygen atoms in total. The number of carbonyl (C=O) groups excluding carboxylic acids is 4. The predicted molar refractivity (Wildman–Crippen MR) is 157 cm³/mol. The van der Waals surface area contributed by atoms with Gasteiger partial charge in [-0.3, -0.25) is 19.2 Å². The number of hydrogen-bond donors (Lipinski definition) is 0. The minimum atomic E-state index is -0.599. The van der Waals surface area contributed by atoms with Gasteiger partial charge in [0.05, 0.1) is 11.5 Å². The van der Waals surface area contributed by atoms with Crippen molar-refractivity contribution in [3.63, 3.8) is 0 Å². The van der Waals surface area contributed by atoms with Crippen LogP contribution in [0, 0.1) is 70.0 Å². The molecule has 0 aromatic carbocycles. The van der Waals surface area contributed by atoms with Crippen LogP contribution in [0.5, 0.6) is 0 Å². The summed E-state index contributed by atoms with van der Waals surface area (Å²) in [7, 11) is 0. The highest BCUT2D eigenvalue weighted by Gasteiger charge is 2.65. The molecule has 0 aromatic rings. The SMILES string of the molecule is O=C1C2CC3CC1CC(C(=O)CCC1OC4(OC1COC(=O)C15CC6CC(C1)C(=O)C(C6)C5)C1CC5CC(C1)CC4C5)(C3)C2. The first-order valence-electron chi connectivity index (χ1n) is 18.3. The van der Waals surface area contributed by atoms with Crippen LogP contribution >= 0.6 is 0 Å². The van der Waals surface area contributed by atoms with Crippen LogP contribution in [-0.2, 0) is 33.4 Å². The lowest BCUT2D eigenvalue weighted by atomic mass is 9.48. The molecule has 7 heteroatoms. The molecule has 238 valence electrons. The summed E-state index contributed by atoms with van der Waals surface area (Å²) in [4.78, 5) is 53.4. The number of rotatable bonds is 7. The minimum Gasteiger partial charge on any atom is -0.462 e. The molecule has 12 bridgehead atoms. The van der Waals surface area contributed by atoms with Crippen molar-refractivity contribution in [3.8, 4) is 0 Å². The monoisotopic (exact) mass is 604 g/mol. The molecular formula is C37H48O7. The lowest BCUT2D eigenvalue weighted by Crippen LogP contribution is -2.58. The standard InChI is InChI=1S/C37H48O7/c38-31(35-12-21-4-23(14-35)32(39)24(5-21)15-35)2-1-29-30(44-37(43-29)27-8-19-3-20(10-27)11-28(37)9-19)18-42-34(41)36-13-22-6-25(16-36)33(40)26(7-22)17-36/h19-30H,1-18H2. The van der Waals surface area contributed by atoms with Gasteiger partial charge in [-0.25, -0.2) is 0 Å². The summed E-state index contributed by atoms with van der Waals surface area (Å²) in [6.45, 7) is 0.174. The van der Waals surface area contributed by atoms with E-state index >= 15 is 0 Å². The third-order valence-electron chi connectivity index (χ3n) is 15.4. The molecule has 6 unspecified atom stereocenters. The summed E-state index contributed by atoms with van der Waals surface area (Å²) in [5.41, 5.74) is -0.826. The van der Waals surface area contributed by atoms with E-state index in [0.717, 1.165) is 88.9 Å². The van der Waals surface area contributed by atoms with Gasteiger partial charge in [-0.15, -0.1) is 0 Å². The fourth-order valence-corrected chi connectivity index (χ4v) is 14.2. The van der Waals surface area contributed by atoms with Crippen LogP contribution in [0.2, 0.25) is 0 Å². The van der Waals surface area contributed by atoms with E-state index in [1.807, 2.05) is 0 Å². The van der Waals surface area contributed by atoms with Gasteiger partial charge in [0.25, 0.3) is 0 Å². The van der Waals surface area contributed by atoms with E-state index in [9.17, 15) is 19.2 Å². The molecule has 1 aliphatic heterocycles. The van der Waals surface area contributed by atoms with Crippen LogP contribution in [0.3, 0.4) is 0 Å². The Bertz CT molecular complexity index is 1170. The second-order valence-electron chi connectivity index (χ2n) is 18.0. The number of carbonyl (C=O) groups is 4. The zero-order valence-corrected chi connectivity index (χ0v) is 26.0. The van der Waals surface area contributed by atoms with Gasteiger partial charge < -0.3 is 14.2 Å². The average Bonchev–Trinajstić information content (AvgIpc) is 3.36. The van der Waals surface area contributed by atoms with Crippen LogP contribution in [0.25, 0.3) is 0 Å². The fourth-order valence-electron chi connectivity index (χ4n) is 14.2. The van der Waals surface area contributed by atoms with Gasteiger partial charge in [0, 0.05) is 47.3 Å². The number of ether oxygens (including phenoxy) is 3. The molecule has 13 fully saturated rings. The maximum atomic E-state index is 14.0. The summed E-state index contributed by atoms with van der Waals surface area (Å²) in [6.07, 6.45) is 14.9. The highest BCUT2D eigenvalue weighted by molar-refractivity contribution is 5.92. The Morgan fingerprint density at radius 3 is 1.68 bits per heavy atom. The predicted octanol–water partition coefficient (Wildman–Crippen LogP) is 5.61. The van der Waals surface area contributed by atoms with E-state index in [-0.39, 0.29) is 53.9 Å². The molecule has 13 aliphatic rings. The molecule has 1 saturated heterocycles. The first-order valence-corrected chi connectivity index (χ1v) is 18.3. The van der Waals surface area contributed by atoms with Crippen molar-refractivity contribution in [1.29, 1.82) is 0 Å². The highest BCUT2D eigenvalue weighted by atomic mass is 16.8. The third-order valence-corrected chi connectivity index (χ3v) is 15.4. The first kappa shape index (κ1) is 27.5. The van der Waals surface area contributed by atoms with Gasteiger partial charge in [-0.05, 0) is 126 Å². The highest BCUT2D eigenvalue weighted by Crippen LogP contribution is 2.64. The molecule has 0 aromatic heterocycles. The smallest absolute Gasteiger partial charge is 0.312 e. The zero-order chi connectivity index (χ0) is 29.6. The minimum absolute atomic E-state index is 0.0369. The van der Waals surface area contributed by atoms with E-state index in [1.54, 1.807) is 0 Å². The molecule has 0 radical (unpaired) electrons. The lowest BCUT2D eigenvalue weighted by Gasteiger charge is -2.58.